The number of thiazole rings is 1. The highest BCUT2D eigenvalue weighted by atomic mass is 32.1. The highest BCUT2D eigenvalue weighted by Crippen LogP contribution is 2.25. The Morgan fingerprint density at radius 1 is 1.27 bits per heavy atom. The number of aromatic nitrogens is 1. The molecule has 5 heteroatoms. The molecule has 0 amide bonds. The number of hydrazone groups is 1. The van der Waals surface area contributed by atoms with Gasteiger partial charge in [-0.05, 0) is 29.8 Å². The molecule has 3 aromatic rings. The Hall–Kier alpha value is -2.84. The Kier molecular flexibility index (Phi) is 4.33. The van der Waals surface area contributed by atoms with Crippen molar-refractivity contribution in [2.45, 2.75) is 0 Å². The predicted octanol–water partition coefficient (Wildman–Crippen LogP) is 3.75. The van der Waals surface area contributed by atoms with Crippen molar-refractivity contribution >= 4 is 32.9 Å². The van der Waals surface area contributed by atoms with Gasteiger partial charge in [-0.25, -0.2) is 4.98 Å². The molecule has 0 radical (unpaired) electrons. The molecular weight excluding hydrogens is 294 g/mol. The highest BCUT2D eigenvalue weighted by Gasteiger charge is 2.00. The minimum Gasteiger partial charge on any atom is -0.481 e. The lowest BCUT2D eigenvalue weighted by Crippen LogP contribution is -1.94. The van der Waals surface area contributed by atoms with E-state index in [0.717, 1.165) is 26.7 Å². The molecule has 0 aliphatic rings. The van der Waals surface area contributed by atoms with Crippen LogP contribution in [-0.2, 0) is 0 Å². The predicted molar refractivity (Wildman–Crippen MR) is 91.6 cm³/mol. The zero-order valence-corrected chi connectivity index (χ0v) is 12.5. The standard InChI is InChI=1S/C17H13N3OS/c1-2-10-21-14-7-5-6-13(11-14)12-18-20-17-19-15-8-3-4-9-16(15)22-17/h1,3-9,11-12H,10H2,(H,19,20)/b18-12+. The molecular formula is C17H13N3OS. The number of fused-ring (bicyclic) bond motifs is 1. The summed E-state index contributed by atoms with van der Waals surface area (Å²) in [5.41, 5.74) is 4.84. The van der Waals surface area contributed by atoms with E-state index in [-0.39, 0.29) is 6.61 Å². The molecule has 0 aliphatic heterocycles. The van der Waals surface area contributed by atoms with Gasteiger partial charge in [0, 0.05) is 0 Å². The van der Waals surface area contributed by atoms with E-state index in [4.69, 9.17) is 11.2 Å². The van der Waals surface area contributed by atoms with Gasteiger partial charge in [0.15, 0.2) is 0 Å². The van der Waals surface area contributed by atoms with Crippen LogP contribution in [0.5, 0.6) is 5.75 Å². The average molecular weight is 307 g/mol. The average Bonchev–Trinajstić information content (AvgIpc) is 2.96. The van der Waals surface area contributed by atoms with Crippen LogP contribution >= 0.6 is 11.3 Å². The topological polar surface area (TPSA) is 46.5 Å². The third-order valence-electron chi connectivity index (χ3n) is 2.85. The number of nitrogens with one attached hydrogen (secondary N) is 1. The van der Waals surface area contributed by atoms with Crippen molar-refractivity contribution < 1.29 is 4.74 Å². The molecule has 0 atom stereocenters. The smallest absolute Gasteiger partial charge is 0.204 e. The number of nitrogens with zero attached hydrogens (tertiary/aromatic N) is 2. The van der Waals surface area contributed by atoms with Crippen molar-refractivity contribution in [1.29, 1.82) is 0 Å². The summed E-state index contributed by atoms with van der Waals surface area (Å²) in [4.78, 5) is 4.45. The van der Waals surface area contributed by atoms with Crippen molar-refractivity contribution in [1.82, 2.24) is 4.98 Å². The van der Waals surface area contributed by atoms with Gasteiger partial charge in [-0.1, -0.05) is 41.5 Å². The van der Waals surface area contributed by atoms with Crippen LogP contribution < -0.4 is 10.2 Å². The van der Waals surface area contributed by atoms with Crippen LogP contribution in [0.1, 0.15) is 5.56 Å². The van der Waals surface area contributed by atoms with Gasteiger partial charge in [-0.2, -0.15) is 5.10 Å². The van der Waals surface area contributed by atoms with E-state index in [2.05, 4.69) is 21.4 Å². The second kappa shape index (κ2) is 6.74. The van der Waals surface area contributed by atoms with Crippen LogP contribution in [0.2, 0.25) is 0 Å². The molecule has 0 aliphatic carbocycles. The van der Waals surface area contributed by atoms with Gasteiger partial charge < -0.3 is 4.74 Å². The lowest BCUT2D eigenvalue weighted by molar-refractivity contribution is 0.370. The number of hydrogen-bond donors (Lipinski definition) is 1. The molecule has 0 unspecified atom stereocenters. The first-order chi connectivity index (χ1) is 10.8. The first kappa shape index (κ1) is 14.1. The van der Waals surface area contributed by atoms with Gasteiger partial charge in [0.25, 0.3) is 0 Å². The van der Waals surface area contributed by atoms with Crippen LogP contribution in [0.3, 0.4) is 0 Å². The minimum atomic E-state index is 0.255. The number of para-hydroxylation sites is 1. The van der Waals surface area contributed by atoms with Crippen molar-refractivity contribution in [2.24, 2.45) is 5.10 Å². The molecule has 1 aromatic heterocycles. The summed E-state index contributed by atoms with van der Waals surface area (Å²) in [7, 11) is 0. The van der Waals surface area contributed by atoms with Crippen molar-refractivity contribution in [3.63, 3.8) is 0 Å². The van der Waals surface area contributed by atoms with E-state index in [9.17, 15) is 0 Å². The molecule has 2 aromatic carbocycles. The first-order valence-corrected chi connectivity index (χ1v) is 7.48. The number of anilines is 1. The van der Waals surface area contributed by atoms with Crippen LogP contribution in [-0.4, -0.2) is 17.8 Å². The normalized spacial score (nSPS) is 10.7. The summed E-state index contributed by atoms with van der Waals surface area (Å²) in [5.74, 6) is 3.16. The maximum atomic E-state index is 5.37. The lowest BCUT2D eigenvalue weighted by atomic mass is 10.2. The van der Waals surface area contributed by atoms with Crippen LogP contribution in [0.15, 0.2) is 53.6 Å². The summed E-state index contributed by atoms with van der Waals surface area (Å²) >= 11 is 1.56. The summed E-state index contributed by atoms with van der Waals surface area (Å²) in [6.45, 7) is 0.255. The van der Waals surface area contributed by atoms with Crippen molar-refractivity contribution in [3.8, 4) is 18.1 Å². The van der Waals surface area contributed by atoms with E-state index >= 15 is 0 Å². The molecule has 1 heterocycles. The van der Waals surface area contributed by atoms with Crippen molar-refractivity contribution in [2.75, 3.05) is 12.0 Å². The van der Waals surface area contributed by atoms with E-state index < -0.39 is 0 Å². The summed E-state index contributed by atoms with van der Waals surface area (Å²) in [6, 6.07) is 15.5. The molecule has 0 saturated heterocycles. The monoisotopic (exact) mass is 307 g/mol. The third kappa shape index (κ3) is 3.43. The zero-order valence-electron chi connectivity index (χ0n) is 11.7. The maximum Gasteiger partial charge on any atom is 0.204 e. The fourth-order valence-corrected chi connectivity index (χ4v) is 2.71. The summed E-state index contributed by atoms with van der Waals surface area (Å²) in [6.07, 6.45) is 6.89. The SMILES string of the molecule is C#CCOc1cccc(/C=N/Nc2nc3ccccc3s2)c1. The highest BCUT2D eigenvalue weighted by molar-refractivity contribution is 7.22. The fourth-order valence-electron chi connectivity index (χ4n) is 1.89. The second-order valence-corrected chi connectivity index (χ2v) is 5.45. The summed E-state index contributed by atoms with van der Waals surface area (Å²) < 4.78 is 6.50. The third-order valence-corrected chi connectivity index (χ3v) is 3.79. The van der Waals surface area contributed by atoms with Gasteiger partial charge in [0.1, 0.15) is 12.4 Å². The molecule has 108 valence electrons. The fraction of sp³-hybridized carbons (Fsp3) is 0.0588. The number of hydrogen-bond acceptors (Lipinski definition) is 5. The molecule has 0 spiro atoms. The van der Waals surface area contributed by atoms with Gasteiger partial charge in [0.2, 0.25) is 5.13 Å². The number of terminal acetylenes is 1. The zero-order chi connectivity index (χ0) is 15.2. The minimum absolute atomic E-state index is 0.255. The molecule has 4 nitrogen and oxygen atoms in total. The first-order valence-electron chi connectivity index (χ1n) is 6.66. The Morgan fingerprint density at radius 3 is 3.05 bits per heavy atom. The lowest BCUT2D eigenvalue weighted by Gasteiger charge is -2.02. The quantitative estimate of drug-likeness (QED) is 0.443. The molecule has 22 heavy (non-hydrogen) atoms. The van der Waals surface area contributed by atoms with Crippen LogP contribution in [0.4, 0.5) is 5.13 Å². The van der Waals surface area contributed by atoms with Gasteiger partial charge in [-0.15, -0.1) is 6.42 Å². The Balaban J connectivity index is 1.67. The molecule has 0 saturated carbocycles. The Bertz CT molecular complexity index is 815. The van der Waals surface area contributed by atoms with E-state index in [1.807, 2.05) is 48.5 Å². The second-order valence-electron chi connectivity index (χ2n) is 4.42. The maximum absolute atomic E-state index is 5.37. The van der Waals surface area contributed by atoms with E-state index in [1.54, 1.807) is 17.6 Å². The number of benzene rings is 2. The van der Waals surface area contributed by atoms with Crippen LogP contribution in [0.25, 0.3) is 10.2 Å². The molecule has 0 fully saturated rings. The van der Waals surface area contributed by atoms with Crippen molar-refractivity contribution in [3.05, 3.63) is 54.1 Å². The Labute approximate surface area is 132 Å². The molecule has 1 N–H and O–H groups in total. The van der Waals surface area contributed by atoms with Gasteiger partial charge >= 0.3 is 0 Å². The summed E-state index contributed by atoms with van der Waals surface area (Å²) in [5, 5.41) is 4.97. The van der Waals surface area contributed by atoms with Crippen LogP contribution in [0, 0.1) is 12.3 Å². The largest absolute Gasteiger partial charge is 0.481 e. The Morgan fingerprint density at radius 2 is 2.18 bits per heavy atom. The van der Waals surface area contributed by atoms with E-state index in [1.165, 1.54) is 0 Å². The molecule has 0 bridgehead atoms. The van der Waals surface area contributed by atoms with E-state index in [0.29, 0.717) is 0 Å². The number of rotatable bonds is 5. The van der Waals surface area contributed by atoms with Gasteiger partial charge in [-0.3, -0.25) is 5.43 Å². The molecule has 3 rings (SSSR count). The number of ether oxygens (including phenoxy) is 1. The van der Waals surface area contributed by atoms with Gasteiger partial charge in [0.05, 0.1) is 16.4 Å².